The molecule has 78 valence electrons. The lowest BCUT2D eigenvalue weighted by Crippen LogP contribution is -2.58. The van der Waals surface area contributed by atoms with E-state index < -0.39 is 0 Å². The zero-order valence-corrected chi connectivity index (χ0v) is 8.99. The maximum Gasteiger partial charge on any atom is 0.0633 e. The van der Waals surface area contributed by atoms with Gasteiger partial charge in [0, 0.05) is 7.11 Å². The van der Waals surface area contributed by atoms with Crippen LogP contribution in [-0.4, -0.2) is 13.2 Å². The summed E-state index contributed by atoms with van der Waals surface area (Å²) in [4.78, 5) is 0. The van der Waals surface area contributed by atoms with E-state index in [4.69, 9.17) is 4.74 Å². The maximum atomic E-state index is 5.81. The Morgan fingerprint density at radius 1 is 0.714 bits per heavy atom. The van der Waals surface area contributed by atoms with Crippen LogP contribution in [0.4, 0.5) is 0 Å². The SMILES string of the molecule is COC1C2CC3CC1C1CC3CC2C1. The topological polar surface area (TPSA) is 9.23 Å². The van der Waals surface area contributed by atoms with Crippen LogP contribution >= 0.6 is 0 Å². The molecule has 0 radical (unpaired) electrons. The Hall–Kier alpha value is -0.0400. The monoisotopic (exact) mass is 192 g/mol. The summed E-state index contributed by atoms with van der Waals surface area (Å²) in [7, 11) is 1.95. The molecule has 1 heteroatoms. The predicted octanol–water partition coefficient (Wildman–Crippen LogP) is 2.70. The van der Waals surface area contributed by atoms with Gasteiger partial charge in [-0.25, -0.2) is 0 Å². The third-order valence-corrected chi connectivity index (χ3v) is 5.96. The first kappa shape index (κ1) is 8.15. The van der Waals surface area contributed by atoms with Crippen molar-refractivity contribution in [2.24, 2.45) is 35.5 Å². The molecule has 4 unspecified atom stereocenters. The minimum absolute atomic E-state index is 0.649. The highest BCUT2D eigenvalue weighted by Crippen LogP contribution is 2.63. The second-order valence-electron chi connectivity index (χ2n) is 6.25. The third kappa shape index (κ3) is 0.816. The number of rotatable bonds is 1. The molecule has 5 fully saturated rings. The van der Waals surface area contributed by atoms with E-state index in [1.807, 2.05) is 7.11 Å². The first-order valence-corrected chi connectivity index (χ1v) is 6.39. The Balaban J connectivity index is 1.77. The second-order valence-corrected chi connectivity index (χ2v) is 6.25. The number of ether oxygens (including phenoxy) is 1. The van der Waals surface area contributed by atoms with E-state index in [-0.39, 0.29) is 0 Å². The number of methoxy groups -OCH3 is 1. The van der Waals surface area contributed by atoms with Crippen LogP contribution in [0.15, 0.2) is 0 Å². The average molecular weight is 192 g/mol. The lowest BCUT2D eigenvalue weighted by atomic mass is 9.44. The van der Waals surface area contributed by atoms with Gasteiger partial charge in [0.15, 0.2) is 0 Å². The van der Waals surface area contributed by atoms with Gasteiger partial charge in [-0.05, 0) is 67.6 Å². The molecule has 6 bridgehead atoms. The summed E-state index contributed by atoms with van der Waals surface area (Å²) >= 11 is 0. The molecule has 0 spiro atoms. The smallest absolute Gasteiger partial charge is 0.0633 e. The van der Waals surface area contributed by atoms with E-state index in [1.54, 1.807) is 19.3 Å². The highest BCUT2D eigenvalue weighted by molar-refractivity contribution is 5.07. The van der Waals surface area contributed by atoms with Crippen molar-refractivity contribution < 1.29 is 4.74 Å². The van der Waals surface area contributed by atoms with Crippen molar-refractivity contribution in [2.75, 3.05) is 7.11 Å². The molecular weight excluding hydrogens is 172 g/mol. The van der Waals surface area contributed by atoms with E-state index in [9.17, 15) is 0 Å². The van der Waals surface area contributed by atoms with Gasteiger partial charge in [0.25, 0.3) is 0 Å². The molecule has 1 nitrogen and oxygen atoms in total. The minimum Gasteiger partial charge on any atom is -0.381 e. The van der Waals surface area contributed by atoms with Crippen LogP contribution in [0.2, 0.25) is 0 Å². The van der Waals surface area contributed by atoms with E-state index in [0.717, 1.165) is 35.5 Å². The lowest BCUT2D eigenvalue weighted by molar-refractivity contribution is -0.183. The molecule has 0 heterocycles. The van der Waals surface area contributed by atoms with Gasteiger partial charge in [0.05, 0.1) is 6.10 Å². The van der Waals surface area contributed by atoms with Crippen LogP contribution < -0.4 is 0 Å². The Morgan fingerprint density at radius 2 is 1.21 bits per heavy atom. The molecule has 0 aromatic rings. The Labute approximate surface area is 86.2 Å². The fourth-order valence-electron chi connectivity index (χ4n) is 5.58. The lowest BCUT2D eigenvalue weighted by Gasteiger charge is -2.63. The van der Waals surface area contributed by atoms with Crippen LogP contribution in [0.25, 0.3) is 0 Å². The molecular formula is C13H20O. The molecule has 0 aliphatic heterocycles. The number of hydrogen-bond donors (Lipinski definition) is 0. The molecule has 0 aromatic carbocycles. The van der Waals surface area contributed by atoms with Crippen LogP contribution in [-0.2, 0) is 4.74 Å². The van der Waals surface area contributed by atoms with E-state index in [0.29, 0.717) is 6.10 Å². The summed E-state index contributed by atoms with van der Waals surface area (Å²) in [5.74, 6) is 6.24. The highest BCUT2D eigenvalue weighted by atomic mass is 16.5. The van der Waals surface area contributed by atoms with Gasteiger partial charge >= 0.3 is 0 Å². The fourth-order valence-corrected chi connectivity index (χ4v) is 5.58. The summed E-state index contributed by atoms with van der Waals surface area (Å²) in [6.07, 6.45) is 8.33. The van der Waals surface area contributed by atoms with Crippen LogP contribution in [0.3, 0.4) is 0 Å². The molecule has 5 aliphatic carbocycles. The van der Waals surface area contributed by atoms with Crippen molar-refractivity contribution in [1.29, 1.82) is 0 Å². The van der Waals surface area contributed by atoms with Crippen molar-refractivity contribution in [3.8, 4) is 0 Å². The molecule has 0 N–H and O–H groups in total. The van der Waals surface area contributed by atoms with Gasteiger partial charge in [-0.3, -0.25) is 0 Å². The van der Waals surface area contributed by atoms with Crippen molar-refractivity contribution in [2.45, 2.75) is 38.2 Å². The Kier molecular flexibility index (Phi) is 1.49. The van der Waals surface area contributed by atoms with Gasteiger partial charge in [0.1, 0.15) is 0 Å². The third-order valence-electron chi connectivity index (χ3n) is 5.96. The van der Waals surface area contributed by atoms with Gasteiger partial charge in [-0.15, -0.1) is 0 Å². The van der Waals surface area contributed by atoms with Crippen LogP contribution in [0, 0.1) is 35.5 Å². The fraction of sp³-hybridized carbons (Fsp3) is 1.00. The normalized spacial score (nSPS) is 63.6. The summed E-state index contributed by atoms with van der Waals surface area (Å²) in [6, 6.07) is 0. The van der Waals surface area contributed by atoms with Crippen molar-refractivity contribution in [1.82, 2.24) is 0 Å². The van der Waals surface area contributed by atoms with Crippen molar-refractivity contribution >= 4 is 0 Å². The molecule has 0 saturated heterocycles. The minimum atomic E-state index is 0.649. The zero-order valence-electron chi connectivity index (χ0n) is 8.99. The maximum absolute atomic E-state index is 5.81. The van der Waals surface area contributed by atoms with Crippen LogP contribution in [0.1, 0.15) is 32.1 Å². The van der Waals surface area contributed by atoms with Gasteiger partial charge in [-0.2, -0.15) is 0 Å². The predicted molar refractivity (Wildman–Crippen MR) is 54.8 cm³/mol. The summed E-state index contributed by atoms with van der Waals surface area (Å²) in [6.45, 7) is 0. The van der Waals surface area contributed by atoms with Crippen molar-refractivity contribution in [3.05, 3.63) is 0 Å². The van der Waals surface area contributed by atoms with Gasteiger partial charge in [0.2, 0.25) is 0 Å². The highest BCUT2D eigenvalue weighted by Gasteiger charge is 2.58. The number of hydrogen-bond acceptors (Lipinski definition) is 1. The molecule has 5 rings (SSSR count). The summed E-state index contributed by atoms with van der Waals surface area (Å²) < 4.78 is 5.81. The van der Waals surface area contributed by atoms with E-state index in [1.165, 1.54) is 12.8 Å². The molecule has 5 aliphatic rings. The zero-order chi connectivity index (χ0) is 9.28. The Morgan fingerprint density at radius 3 is 1.79 bits per heavy atom. The molecule has 14 heavy (non-hydrogen) atoms. The molecule has 5 saturated carbocycles. The second kappa shape index (κ2) is 2.55. The van der Waals surface area contributed by atoms with Crippen LogP contribution in [0.5, 0.6) is 0 Å². The van der Waals surface area contributed by atoms with E-state index in [2.05, 4.69) is 0 Å². The van der Waals surface area contributed by atoms with Gasteiger partial charge in [-0.1, -0.05) is 0 Å². The van der Waals surface area contributed by atoms with Crippen molar-refractivity contribution in [3.63, 3.8) is 0 Å². The molecule has 4 atom stereocenters. The van der Waals surface area contributed by atoms with E-state index >= 15 is 0 Å². The van der Waals surface area contributed by atoms with Gasteiger partial charge < -0.3 is 4.74 Å². The summed E-state index contributed by atoms with van der Waals surface area (Å²) in [5, 5.41) is 0. The first-order valence-electron chi connectivity index (χ1n) is 6.39. The average Bonchev–Trinajstić information content (AvgIpc) is 2.23. The summed E-state index contributed by atoms with van der Waals surface area (Å²) in [5.41, 5.74) is 0. The Bertz CT molecular complexity index is 236. The first-order chi connectivity index (χ1) is 6.86. The largest absolute Gasteiger partial charge is 0.381 e. The standard InChI is InChI=1S/C13H20O/c1-14-13-11-5-8-6-12(13)10-3-7(8)2-9(11)4-10/h7-13H,2-6H2,1H3. The molecule has 0 amide bonds. The quantitative estimate of drug-likeness (QED) is 0.620. The molecule has 0 aromatic heterocycles.